The van der Waals surface area contributed by atoms with Gasteiger partial charge in [-0.05, 0) is 25.3 Å². The molecule has 3 rings (SSSR count). The summed E-state index contributed by atoms with van der Waals surface area (Å²) < 4.78 is 0. The van der Waals surface area contributed by atoms with Crippen LogP contribution in [0.15, 0.2) is 6.07 Å². The number of aromatic amines is 1. The number of H-pyrrole nitrogens is 1. The average Bonchev–Trinajstić information content (AvgIpc) is 2.88. The molecule has 4 nitrogen and oxygen atoms in total. The van der Waals surface area contributed by atoms with Crippen molar-refractivity contribution in [2.75, 3.05) is 13.1 Å². The fourth-order valence-corrected chi connectivity index (χ4v) is 3.23. The zero-order chi connectivity index (χ0) is 13.5. The van der Waals surface area contributed by atoms with Crippen LogP contribution >= 0.6 is 0 Å². The molecule has 106 valence electrons. The molecule has 4 heteroatoms. The lowest BCUT2D eigenvalue weighted by Gasteiger charge is -2.23. The molecule has 3 heterocycles. The van der Waals surface area contributed by atoms with Crippen LogP contribution in [0.25, 0.3) is 0 Å². The van der Waals surface area contributed by atoms with Gasteiger partial charge in [0.05, 0.1) is 5.69 Å². The van der Waals surface area contributed by atoms with E-state index < -0.39 is 0 Å². The molecular weight excluding hydrogens is 236 g/mol. The predicted octanol–water partition coefficient (Wildman–Crippen LogP) is 2.03. The first-order valence-electron chi connectivity index (χ1n) is 7.54. The van der Waals surface area contributed by atoms with Gasteiger partial charge in [0.15, 0.2) is 0 Å². The van der Waals surface area contributed by atoms with E-state index in [1.165, 1.54) is 38.0 Å². The second-order valence-corrected chi connectivity index (χ2v) is 7.19. The minimum atomic E-state index is 0.133. The predicted molar refractivity (Wildman–Crippen MR) is 77.1 cm³/mol. The molecular formula is C15H26N4. The zero-order valence-corrected chi connectivity index (χ0v) is 12.4. The van der Waals surface area contributed by atoms with Crippen molar-refractivity contribution < 1.29 is 0 Å². The van der Waals surface area contributed by atoms with Crippen LogP contribution in [0.2, 0.25) is 0 Å². The molecule has 2 aliphatic rings. The van der Waals surface area contributed by atoms with Crippen molar-refractivity contribution in [2.45, 2.75) is 64.1 Å². The summed E-state index contributed by atoms with van der Waals surface area (Å²) in [5.74, 6) is 0. The quantitative estimate of drug-likeness (QED) is 0.857. The Labute approximate surface area is 116 Å². The fourth-order valence-electron chi connectivity index (χ4n) is 3.23. The van der Waals surface area contributed by atoms with Gasteiger partial charge in [-0.2, -0.15) is 5.10 Å². The number of nitrogens with one attached hydrogen (secondary N) is 2. The molecule has 2 atom stereocenters. The van der Waals surface area contributed by atoms with Gasteiger partial charge in [-0.25, -0.2) is 0 Å². The molecule has 2 bridgehead atoms. The third kappa shape index (κ3) is 3.00. The van der Waals surface area contributed by atoms with E-state index in [-0.39, 0.29) is 5.41 Å². The van der Waals surface area contributed by atoms with Gasteiger partial charge in [-0.3, -0.25) is 10.00 Å². The molecule has 2 N–H and O–H groups in total. The Balaban J connectivity index is 1.63. The fraction of sp³-hybridized carbons (Fsp3) is 0.800. The summed E-state index contributed by atoms with van der Waals surface area (Å²) >= 11 is 0. The van der Waals surface area contributed by atoms with Gasteiger partial charge >= 0.3 is 0 Å². The number of nitrogens with zero attached hydrogens (tertiary/aromatic N) is 2. The van der Waals surface area contributed by atoms with E-state index in [9.17, 15) is 0 Å². The summed E-state index contributed by atoms with van der Waals surface area (Å²) in [6.45, 7) is 10.0. The number of fused-ring (bicyclic) bond motifs is 2. The van der Waals surface area contributed by atoms with E-state index >= 15 is 0 Å². The molecule has 2 aliphatic heterocycles. The van der Waals surface area contributed by atoms with E-state index in [0.717, 1.165) is 18.3 Å². The minimum Gasteiger partial charge on any atom is -0.310 e. The SMILES string of the molecule is CC(C)(C)c1cc(CN2CC[C@H]3CC[C@@H](C2)N3)[nH]n1. The lowest BCUT2D eigenvalue weighted by atomic mass is 9.92. The highest BCUT2D eigenvalue weighted by Gasteiger charge is 2.29. The lowest BCUT2D eigenvalue weighted by Crippen LogP contribution is -2.35. The van der Waals surface area contributed by atoms with Gasteiger partial charge in [0.25, 0.3) is 0 Å². The summed E-state index contributed by atoms with van der Waals surface area (Å²) in [5, 5.41) is 11.4. The van der Waals surface area contributed by atoms with Crippen LogP contribution in [0.1, 0.15) is 51.4 Å². The van der Waals surface area contributed by atoms with E-state index in [2.05, 4.69) is 47.3 Å². The maximum absolute atomic E-state index is 4.46. The summed E-state index contributed by atoms with van der Waals surface area (Å²) in [6, 6.07) is 3.70. The zero-order valence-electron chi connectivity index (χ0n) is 12.4. The van der Waals surface area contributed by atoms with Crippen LogP contribution in [0.3, 0.4) is 0 Å². The van der Waals surface area contributed by atoms with Crippen LogP contribution < -0.4 is 5.32 Å². The maximum atomic E-state index is 4.46. The second-order valence-electron chi connectivity index (χ2n) is 7.19. The Kier molecular flexibility index (Phi) is 3.39. The van der Waals surface area contributed by atoms with Crippen LogP contribution in [-0.2, 0) is 12.0 Å². The third-order valence-electron chi connectivity index (χ3n) is 4.40. The molecule has 2 fully saturated rings. The molecule has 0 aliphatic carbocycles. The number of aromatic nitrogens is 2. The van der Waals surface area contributed by atoms with Crippen molar-refractivity contribution in [2.24, 2.45) is 0 Å². The Morgan fingerprint density at radius 3 is 2.79 bits per heavy atom. The Bertz CT molecular complexity index is 432. The standard InChI is InChI=1S/C15H26N4/c1-15(2,3)14-8-13(17-18-14)10-19-7-6-11-4-5-12(9-19)16-11/h8,11-12,16H,4-7,9-10H2,1-3H3,(H,17,18)/t11-,12+/m1/s1. The molecule has 2 saturated heterocycles. The first-order valence-corrected chi connectivity index (χ1v) is 7.54. The number of hydrogen-bond donors (Lipinski definition) is 2. The van der Waals surface area contributed by atoms with Crippen molar-refractivity contribution in [1.82, 2.24) is 20.4 Å². The first kappa shape index (κ1) is 13.1. The summed E-state index contributed by atoms with van der Waals surface area (Å²) in [4.78, 5) is 2.57. The van der Waals surface area contributed by atoms with Gasteiger partial charge in [0, 0.05) is 42.8 Å². The van der Waals surface area contributed by atoms with Crippen LogP contribution in [-0.4, -0.2) is 40.3 Å². The van der Waals surface area contributed by atoms with Gasteiger partial charge in [-0.15, -0.1) is 0 Å². The number of likely N-dealkylation sites (tertiary alicyclic amines) is 1. The lowest BCUT2D eigenvalue weighted by molar-refractivity contribution is 0.248. The summed E-state index contributed by atoms with van der Waals surface area (Å²) in [5.41, 5.74) is 2.55. The molecule has 0 spiro atoms. The van der Waals surface area contributed by atoms with Gasteiger partial charge in [-0.1, -0.05) is 20.8 Å². The highest BCUT2D eigenvalue weighted by molar-refractivity contribution is 5.16. The third-order valence-corrected chi connectivity index (χ3v) is 4.40. The number of rotatable bonds is 2. The van der Waals surface area contributed by atoms with Crippen LogP contribution in [0, 0.1) is 0 Å². The summed E-state index contributed by atoms with van der Waals surface area (Å²) in [7, 11) is 0. The molecule has 0 unspecified atom stereocenters. The van der Waals surface area contributed by atoms with E-state index in [0.29, 0.717) is 6.04 Å². The molecule has 1 aromatic rings. The maximum Gasteiger partial charge on any atom is 0.0678 e. The van der Waals surface area contributed by atoms with Crippen molar-refractivity contribution in [3.8, 4) is 0 Å². The highest BCUT2D eigenvalue weighted by atomic mass is 15.2. The van der Waals surface area contributed by atoms with Gasteiger partial charge in [0.2, 0.25) is 0 Å². The number of hydrogen-bond acceptors (Lipinski definition) is 3. The normalized spacial score (nSPS) is 28.6. The van der Waals surface area contributed by atoms with Gasteiger partial charge in [0.1, 0.15) is 0 Å². The topological polar surface area (TPSA) is 44.0 Å². The molecule has 0 aromatic carbocycles. The Morgan fingerprint density at radius 1 is 1.26 bits per heavy atom. The van der Waals surface area contributed by atoms with Crippen molar-refractivity contribution in [1.29, 1.82) is 0 Å². The van der Waals surface area contributed by atoms with Crippen LogP contribution in [0.5, 0.6) is 0 Å². The molecule has 0 saturated carbocycles. The van der Waals surface area contributed by atoms with E-state index in [1.54, 1.807) is 0 Å². The molecule has 0 amide bonds. The summed E-state index contributed by atoms with van der Waals surface area (Å²) in [6.07, 6.45) is 4.00. The molecule has 0 radical (unpaired) electrons. The van der Waals surface area contributed by atoms with Crippen LogP contribution in [0.4, 0.5) is 0 Å². The Morgan fingerprint density at radius 2 is 2.05 bits per heavy atom. The van der Waals surface area contributed by atoms with E-state index in [4.69, 9.17) is 0 Å². The van der Waals surface area contributed by atoms with E-state index in [1.807, 2.05) is 0 Å². The average molecular weight is 262 g/mol. The van der Waals surface area contributed by atoms with Crippen molar-refractivity contribution in [3.63, 3.8) is 0 Å². The largest absolute Gasteiger partial charge is 0.310 e. The highest BCUT2D eigenvalue weighted by Crippen LogP contribution is 2.23. The van der Waals surface area contributed by atoms with Gasteiger partial charge < -0.3 is 5.32 Å². The van der Waals surface area contributed by atoms with Crippen molar-refractivity contribution >= 4 is 0 Å². The molecule has 19 heavy (non-hydrogen) atoms. The smallest absolute Gasteiger partial charge is 0.0678 e. The first-order chi connectivity index (χ1) is 9.00. The minimum absolute atomic E-state index is 0.133. The second kappa shape index (κ2) is 4.91. The molecule has 1 aromatic heterocycles. The Hall–Kier alpha value is -0.870. The van der Waals surface area contributed by atoms with Crippen molar-refractivity contribution in [3.05, 3.63) is 17.5 Å². The monoisotopic (exact) mass is 262 g/mol.